The van der Waals surface area contributed by atoms with E-state index in [1.54, 1.807) is 6.92 Å². The van der Waals surface area contributed by atoms with Crippen LogP contribution in [-0.2, 0) is 14.3 Å². The van der Waals surface area contributed by atoms with Crippen molar-refractivity contribution >= 4 is 11.9 Å². The van der Waals surface area contributed by atoms with Crippen LogP contribution in [0.3, 0.4) is 0 Å². The lowest BCUT2D eigenvalue weighted by molar-refractivity contribution is -0.141. The number of carbonyl (C=O) groups excluding carboxylic acids is 1. The average Bonchev–Trinajstić information content (AvgIpc) is 2.53. The molecule has 4 heteroatoms. The van der Waals surface area contributed by atoms with Crippen molar-refractivity contribution in [1.82, 2.24) is 0 Å². The first-order valence-corrected chi connectivity index (χ1v) is 9.37. The molecule has 24 heavy (non-hydrogen) atoms. The molecule has 0 aromatic carbocycles. The van der Waals surface area contributed by atoms with Crippen molar-refractivity contribution in [2.24, 2.45) is 11.8 Å². The van der Waals surface area contributed by atoms with Gasteiger partial charge in [0.05, 0.1) is 12.5 Å². The van der Waals surface area contributed by atoms with Gasteiger partial charge in [-0.05, 0) is 18.8 Å². The standard InChI is InChI=1S/C13H24O2.C7H14O2/c1-3-5-6-7-8-9-10-11-12-15-13(14)4-2;1-5(2)4-6(3)7(8)9/h4H,2-3,5-12H2,1H3;5-6H,4H2,1-3H3,(H,8,9). The average molecular weight is 343 g/mol. The fraction of sp³-hybridized carbons (Fsp3) is 0.800. The molecule has 142 valence electrons. The van der Waals surface area contributed by atoms with Crippen molar-refractivity contribution < 1.29 is 19.4 Å². The van der Waals surface area contributed by atoms with E-state index in [2.05, 4.69) is 13.5 Å². The Balaban J connectivity index is 0. The van der Waals surface area contributed by atoms with E-state index >= 15 is 0 Å². The van der Waals surface area contributed by atoms with Crippen LogP contribution in [0.4, 0.5) is 0 Å². The van der Waals surface area contributed by atoms with Crippen LogP contribution in [0.25, 0.3) is 0 Å². The second-order valence-electron chi connectivity index (χ2n) is 6.72. The highest BCUT2D eigenvalue weighted by Crippen LogP contribution is 2.10. The molecule has 1 N–H and O–H groups in total. The molecule has 0 amide bonds. The molecule has 0 fully saturated rings. The van der Waals surface area contributed by atoms with Crippen molar-refractivity contribution in [2.45, 2.75) is 85.5 Å². The van der Waals surface area contributed by atoms with Gasteiger partial charge in [-0.1, -0.05) is 79.2 Å². The Labute approximate surface area is 148 Å². The molecule has 0 radical (unpaired) electrons. The van der Waals surface area contributed by atoms with E-state index in [-0.39, 0.29) is 11.9 Å². The van der Waals surface area contributed by atoms with Gasteiger partial charge in [-0.2, -0.15) is 0 Å². The van der Waals surface area contributed by atoms with E-state index in [0.29, 0.717) is 12.5 Å². The fourth-order valence-electron chi connectivity index (χ4n) is 2.28. The van der Waals surface area contributed by atoms with Gasteiger partial charge in [0.25, 0.3) is 0 Å². The molecule has 0 aliphatic heterocycles. The van der Waals surface area contributed by atoms with E-state index in [4.69, 9.17) is 9.84 Å². The van der Waals surface area contributed by atoms with Gasteiger partial charge < -0.3 is 9.84 Å². The molecule has 0 aromatic heterocycles. The van der Waals surface area contributed by atoms with E-state index in [9.17, 15) is 9.59 Å². The van der Waals surface area contributed by atoms with Crippen LogP contribution in [0.5, 0.6) is 0 Å². The van der Waals surface area contributed by atoms with Crippen molar-refractivity contribution in [2.75, 3.05) is 6.61 Å². The summed E-state index contributed by atoms with van der Waals surface area (Å²) in [6.45, 7) is 11.9. The lowest BCUT2D eigenvalue weighted by Gasteiger charge is -2.07. The number of carboxylic acids is 1. The normalized spacial score (nSPS) is 11.4. The zero-order valence-corrected chi connectivity index (χ0v) is 16.2. The maximum absolute atomic E-state index is 10.7. The van der Waals surface area contributed by atoms with Crippen molar-refractivity contribution in [3.63, 3.8) is 0 Å². The second kappa shape index (κ2) is 18.0. The molecule has 0 saturated heterocycles. The minimum Gasteiger partial charge on any atom is -0.481 e. The molecule has 0 heterocycles. The van der Waals surface area contributed by atoms with Gasteiger partial charge in [0.1, 0.15) is 0 Å². The van der Waals surface area contributed by atoms with E-state index in [0.717, 1.165) is 19.3 Å². The van der Waals surface area contributed by atoms with E-state index < -0.39 is 5.97 Å². The highest BCUT2D eigenvalue weighted by Gasteiger charge is 2.11. The maximum Gasteiger partial charge on any atom is 0.330 e. The summed E-state index contributed by atoms with van der Waals surface area (Å²) in [7, 11) is 0. The summed E-state index contributed by atoms with van der Waals surface area (Å²) in [6, 6.07) is 0. The molecule has 0 spiro atoms. The van der Waals surface area contributed by atoms with Crippen LogP contribution >= 0.6 is 0 Å². The third-order valence-electron chi connectivity index (χ3n) is 3.66. The molecule has 0 aliphatic rings. The molecule has 0 aliphatic carbocycles. The van der Waals surface area contributed by atoms with Gasteiger partial charge in [-0.3, -0.25) is 4.79 Å². The highest BCUT2D eigenvalue weighted by atomic mass is 16.5. The topological polar surface area (TPSA) is 63.6 Å². The first kappa shape index (κ1) is 24.9. The summed E-state index contributed by atoms with van der Waals surface area (Å²) < 4.78 is 4.88. The van der Waals surface area contributed by atoms with E-state index in [1.807, 2.05) is 13.8 Å². The molecule has 0 saturated carbocycles. The van der Waals surface area contributed by atoms with Gasteiger partial charge >= 0.3 is 11.9 Å². The Hall–Kier alpha value is -1.32. The quantitative estimate of drug-likeness (QED) is 0.268. The van der Waals surface area contributed by atoms with Crippen LogP contribution in [0.2, 0.25) is 0 Å². The smallest absolute Gasteiger partial charge is 0.330 e. The number of carbonyl (C=O) groups is 2. The second-order valence-corrected chi connectivity index (χ2v) is 6.72. The fourth-order valence-corrected chi connectivity index (χ4v) is 2.28. The molecule has 0 rings (SSSR count). The number of unbranched alkanes of at least 4 members (excludes halogenated alkanes) is 7. The van der Waals surface area contributed by atoms with Crippen LogP contribution in [0.1, 0.15) is 85.5 Å². The van der Waals surface area contributed by atoms with Crippen LogP contribution in [0, 0.1) is 11.8 Å². The summed E-state index contributed by atoms with van der Waals surface area (Å²) in [5, 5.41) is 8.43. The number of ether oxygens (including phenoxy) is 1. The van der Waals surface area contributed by atoms with Crippen LogP contribution < -0.4 is 0 Å². The number of hydrogen-bond acceptors (Lipinski definition) is 3. The zero-order valence-electron chi connectivity index (χ0n) is 16.2. The minimum atomic E-state index is -0.691. The Morgan fingerprint density at radius 2 is 1.50 bits per heavy atom. The maximum atomic E-state index is 10.7. The summed E-state index contributed by atoms with van der Waals surface area (Å²) in [4.78, 5) is 20.9. The molecule has 4 nitrogen and oxygen atoms in total. The number of rotatable bonds is 13. The SMILES string of the molecule is C=CC(=O)OCCCCCCCCCC.CC(C)CC(C)C(=O)O. The number of esters is 1. The monoisotopic (exact) mass is 342 g/mol. The number of aliphatic carboxylic acids is 1. The van der Waals surface area contributed by atoms with Crippen molar-refractivity contribution in [3.8, 4) is 0 Å². The molecular weight excluding hydrogens is 304 g/mol. The highest BCUT2D eigenvalue weighted by molar-refractivity contribution is 5.81. The number of hydrogen-bond donors (Lipinski definition) is 1. The Morgan fingerprint density at radius 1 is 1.00 bits per heavy atom. The first-order chi connectivity index (χ1) is 11.3. The minimum absolute atomic E-state index is 0.190. The van der Waals surface area contributed by atoms with Gasteiger partial charge in [-0.25, -0.2) is 4.79 Å². The van der Waals surface area contributed by atoms with Gasteiger partial charge in [-0.15, -0.1) is 0 Å². The summed E-state index contributed by atoms with van der Waals surface area (Å²) in [5.74, 6) is -0.706. The van der Waals surface area contributed by atoms with Gasteiger partial charge in [0.2, 0.25) is 0 Å². The van der Waals surface area contributed by atoms with Gasteiger partial charge in [0, 0.05) is 6.08 Å². The lowest BCUT2D eigenvalue weighted by atomic mass is 9.99. The summed E-state index contributed by atoms with van der Waals surface area (Å²) in [6.07, 6.45) is 12.1. The van der Waals surface area contributed by atoms with Gasteiger partial charge in [0.15, 0.2) is 0 Å². The third-order valence-corrected chi connectivity index (χ3v) is 3.66. The molecular formula is C20H38O4. The Bertz CT molecular complexity index is 324. The predicted octanol–water partition coefficient (Wildman–Crippen LogP) is 5.61. The zero-order chi connectivity index (χ0) is 18.8. The van der Waals surface area contributed by atoms with Crippen LogP contribution in [0.15, 0.2) is 12.7 Å². The number of carboxylic acid groups (broad SMARTS) is 1. The van der Waals surface area contributed by atoms with Crippen LogP contribution in [-0.4, -0.2) is 23.7 Å². The summed E-state index contributed by atoms with van der Waals surface area (Å²) >= 11 is 0. The Kier molecular flexibility index (Phi) is 18.7. The van der Waals surface area contributed by atoms with Crippen molar-refractivity contribution in [1.29, 1.82) is 0 Å². The first-order valence-electron chi connectivity index (χ1n) is 9.37. The van der Waals surface area contributed by atoms with Crippen molar-refractivity contribution in [3.05, 3.63) is 12.7 Å². The lowest BCUT2D eigenvalue weighted by Crippen LogP contribution is -2.11. The molecule has 0 bridgehead atoms. The van der Waals surface area contributed by atoms with E-state index in [1.165, 1.54) is 44.6 Å². The third kappa shape index (κ3) is 20.7. The Morgan fingerprint density at radius 3 is 1.88 bits per heavy atom. The molecule has 1 unspecified atom stereocenters. The largest absolute Gasteiger partial charge is 0.481 e. The molecule has 1 atom stereocenters. The predicted molar refractivity (Wildman–Crippen MR) is 100 cm³/mol. The molecule has 0 aromatic rings. The summed E-state index contributed by atoms with van der Waals surface area (Å²) in [5.41, 5.74) is 0.